The largest absolute Gasteiger partial charge is 0.497 e. The number of methoxy groups -OCH3 is 1. The van der Waals surface area contributed by atoms with Crippen molar-refractivity contribution in [3.05, 3.63) is 63.2 Å². The fourth-order valence-electron chi connectivity index (χ4n) is 2.54. The molecule has 1 atom stereocenters. The molecule has 0 spiro atoms. The SMILES string of the molecule is COc1ccc(N([C@H](C)C(=O)N/N=C\c2cc([N+](=O)[O-])ccc2Cl)S(C)(=O)=O)cc1. The lowest BCUT2D eigenvalue weighted by molar-refractivity contribution is -0.384. The minimum Gasteiger partial charge on any atom is -0.497 e. The summed E-state index contributed by atoms with van der Waals surface area (Å²) in [6.45, 7) is 1.40. The van der Waals surface area contributed by atoms with E-state index in [2.05, 4.69) is 10.5 Å². The molecule has 160 valence electrons. The molecule has 0 aliphatic carbocycles. The van der Waals surface area contributed by atoms with Gasteiger partial charge >= 0.3 is 0 Å². The standard InChI is InChI=1S/C18H19ClN4O6S/c1-12(22(30(3,27)28)14-4-7-16(29-2)8-5-14)18(24)21-20-11-13-10-15(23(25)26)6-9-17(13)19/h4-12H,1-3H3,(H,21,24)/b20-11-/t12-/m1/s1. The van der Waals surface area contributed by atoms with E-state index in [4.69, 9.17) is 16.3 Å². The van der Waals surface area contributed by atoms with Gasteiger partial charge < -0.3 is 4.74 Å². The maximum Gasteiger partial charge on any atom is 0.270 e. The van der Waals surface area contributed by atoms with Gasteiger partial charge in [-0.2, -0.15) is 5.10 Å². The number of carbonyl (C=O) groups is 1. The maximum atomic E-state index is 12.5. The normalized spacial score (nSPS) is 12.4. The molecule has 1 N–H and O–H groups in total. The van der Waals surface area contributed by atoms with Crippen LogP contribution in [-0.2, 0) is 14.8 Å². The van der Waals surface area contributed by atoms with E-state index >= 15 is 0 Å². The van der Waals surface area contributed by atoms with Crippen molar-refractivity contribution < 1.29 is 22.9 Å². The van der Waals surface area contributed by atoms with Gasteiger partial charge in [-0.1, -0.05) is 11.6 Å². The van der Waals surface area contributed by atoms with Gasteiger partial charge in [0.25, 0.3) is 11.6 Å². The predicted molar refractivity (Wildman–Crippen MR) is 114 cm³/mol. The third-order valence-corrected chi connectivity index (χ3v) is 5.57. The Hall–Kier alpha value is -3.18. The fourth-order valence-corrected chi connectivity index (χ4v) is 3.88. The van der Waals surface area contributed by atoms with Gasteiger partial charge in [-0.15, -0.1) is 0 Å². The number of sulfonamides is 1. The Labute approximate surface area is 178 Å². The molecule has 0 saturated heterocycles. The van der Waals surface area contributed by atoms with Gasteiger partial charge in [0.2, 0.25) is 10.0 Å². The van der Waals surface area contributed by atoms with Crippen molar-refractivity contribution in [2.24, 2.45) is 5.10 Å². The Morgan fingerprint density at radius 1 is 1.30 bits per heavy atom. The van der Waals surface area contributed by atoms with Crippen LogP contribution in [0.1, 0.15) is 12.5 Å². The number of ether oxygens (including phenoxy) is 1. The number of benzene rings is 2. The number of hydrogen-bond donors (Lipinski definition) is 1. The molecule has 12 heteroatoms. The molecule has 0 unspecified atom stereocenters. The van der Waals surface area contributed by atoms with Crippen LogP contribution in [-0.4, -0.2) is 44.9 Å². The van der Waals surface area contributed by atoms with Gasteiger partial charge in [0.05, 0.1) is 30.2 Å². The summed E-state index contributed by atoms with van der Waals surface area (Å²) in [5.74, 6) is -0.184. The van der Waals surface area contributed by atoms with Gasteiger partial charge in [-0.05, 0) is 37.3 Å². The van der Waals surface area contributed by atoms with Gasteiger partial charge in [0.1, 0.15) is 11.8 Å². The zero-order valence-corrected chi connectivity index (χ0v) is 17.8. The Kier molecular flexibility index (Phi) is 7.35. The number of nitrogens with zero attached hydrogens (tertiary/aromatic N) is 3. The lowest BCUT2D eigenvalue weighted by Gasteiger charge is -2.27. The smallest absolute Gasteiger partial charge is 0.270 e. The van der Waals surface area contributed by atoms with Gasteiger partial charge in [-0.25, -0.2) is 13.8 Å². The van der Waals surface area contributed by atoms with Crippen molar-refractivity contribution in [1.29, 1.82) is 0 Å². The monoisotopic (exact) mass is 454 g/mol. The van der Waals surface area contributed by atoms with Crippen molar-refractivity contribution in [3.63, 3.8) is 0 Å². The lowest BCUT2D eigenvalue weighted by Crippen LogP contribution is -2.46. The van der Waals surface area contributed by atoms with Gasteiger partial charge in [0, 0.05) is 22.7 Å². The molecule has 2 aromatic carbocycles. The van der Waals surface area contributed by atoms with Crippen LogP contribution >= 0.6 is 11.6 Å². The number of carbonyl (C=O) groups excluding carboxylic acids is 1. The van der Waals surface area contributed by atoms with Crippen molar-refractivity contribution in [2.45, 2.75) is 13.0 Å². The van der Waals surface area contributed by atoms with Crippen molar-refractivity contribution in [2.75, 3.05) is 17.7 Å². The number of hydrogen-bond acceptors (Lipinski definition) is 7. The highest BCUT2D eigenvalue weighted by Gasteiger charge is 2.29. The third-order valence-electron chi connectivity index (χ3n) is 3.98. The minimum absolute atomic E-state index is 0.191. The van der Waals surface area contributed by atoms with Crippen molar-refractivity contribution in [3.8, 4) is 5.75 Å². The number of anilines is 1. The minimum atomic E-state index is -3.80. The van der Waals surface area contributed by atoms with Crippen LogP contribution in [0.2, 0.25) is 5.02 Å². The summed E-state index contributed by atoms with van der Waals surface area (Å²) in [6.07, 6.45) is 2.12. The van der Waals surface area contributed by atoms with E-state index in [0.717, 1.165) is 16.8 Å². The molecule has 0 heterocycles. The highest BCUT2D eigenvalue weighted by molar-refractivity contribution is 7.92. The van der Waals surface area contributed by atoms with E-state index in [1.165, 1.54) is 44.4 Å². The average molecular weight is 455 g/mol. The first kappa shape index (κ1) is 23.1. The van der Waals surface area contributed by atoms with E-state index < -0.39 is 26.9 Å². The third kappa shape index (κ3) is 5.67. The van der Waals surface area contributed by atoms with Crippen molar-refractivity contribution >= 4 is 45.1 Å². The number of nitro benzene ring substituents is 1. The molecule has 2 aromatic rings. The summed E-state index contributed by atoms with van der Waals surface area (Å²) in [7, 11) is -2.32. The number of amides is 1. The van der Waals surface area contributed by atoms with Crippen LogP contribution in [0.3, 0.4) is 0 Å². The molecule has 0 saturated carbocycles. The molecular formula is C18H19ClN4O6S. The number of halogens is 1. The number of rotatable bonds is 8. The first-order valence-electron chi connectivity index (χ1n) is 8.45. The van der Waals surface area contributed by atoms with Crippen LogP contribution in [0.15, 0.2) is 47.6 Å². The lowest BCUT2D eigenvalue weighted by atomic mass is 10.2. The molecule has 1 amide bonds. The quantitative estimate of drug-likeness (QED) is 0.370. The van der Waals surface area contributed by atoms with Crippen LogP contribution in [0.5, 0.6) is 5.75 Å². The Morgan fingerprint density at radius 3 is 2.47 bits per heavy atom. The average Bonchev–Trinajstić information content (AvgIpc) is 2.68. The number of hydrazone groups is 1. The summed E-state index contributed by atoms with van der Waals surface area (Å²) in [5.41, 5.74) is 2.52. The highest BCUT2D eigenvalue weighted by atomic mass is 35.5. The summed E-state index contributed by atoms with van der Waals surface area (Å²) in [4.78, 5) is 22.7. The zero-order chi connectivity index (χ0) is 22.5. The molecule has 0 fully saturated rings. The second kappa shape index (κ2) is 9.55. The van der Waals surface area contributed by atoms with E-state index in [9.17, 15) is 23.3 Å². The number of non-ortho nitro benzene ring substituents is 1. The zero-order valence-electron chi connectivity index (χ0n) is 16.3. The second-order valence-corrected chi connectivity index (χ2v) is 8.40. The number of nitro groups is 1. The summed E-state index contributed by atoms with van der Waals surface area (Å²) in [6, 6.07) is 8.79. The first-order valence-corrected chi connectivity index (χ1v) is 10.7. The molecule has 0 aromatic heterocycles. The Bertz CT molecular complexity index is 1070. The van der Waals surface area contributed by atoms with Gasteiger partial charge in [-0.3, -0.25) is 19.2 Å². The molecular weight excluding hydrogens is 436 g/mol. The second-order valence-electron chi connectivity index (χ2n) is 6.13. The summed E-state index contributed by atoms with van der Waals surface area (Å²) >= 11 is 5.97. The van der Waals surface area contributed by atoms with Crippen LogP contribution < -0.4 is 14.5 Å². The summed E-state index contributed by atoms with van der Waals surface area (Å²) in [5, 5.41) is 14.8. The van der Waals surface area contributed by atoms with Crippen molar-refractivity contribution in [1.82, 2.24) is 5.43 Å². The molecule has 10 nitrogen and oxygen atoms in total. The molecule has 0 aliphatic rings. The Morgan fingerprint density at radius 2 is 1.93 bits per heavy atom. The molecule has 0 aliphatic heterocycles. The van der Waals surface area contributed by atoms with E-state index in [1.54, 1.807) is 12.1 Å². The number of nitrogens with one attached hydrogen (secondary N) is 1. The highest BCUT2D eigenvalue weighted by Crippen LogP contribution is 2.24. The maximum absolute atomic E-state index is 12.5. The first-order chi connectivity index (χ1) is 14.0. The molecule has 0 radical (unpaired) electrons. The van der Waals surface area contributed by atoms with Gasteiger partial charge in [0.15, 0.2) is 0 Å². The van der Waals surface area contributed by atoms with Crippen LogP contribution in [0.4, 0.5) is 11.4 Å². The topological polar surface area (TPSA) is 131 Å². The van der Waals surface area contributed by atoms with E-state index in [0.29, 0.717) is 5.75 Å². The van der Waals surface area contributed by atoms with Crippen LogP contribution in [0, 0.1) is 10.1 Å². The van der Waals surface area contributed by atoms with Crippen LogP contribution in [0.25, 0.3) is 0 Å². The summed E-state index contributed by atoms with van der Waals surface area (Å²) < 4.78 is 30.5. The Balaban J connectivity index is 2.20. The molecule has 2 rings (SSSR count). The van der Waals surface area contributed by atoms with E-state index in [-0.39, 0.29) is 22.0 Å². The fraction of sp³-hybridized carbons (Fsp3) is 0.222. The van der Waals surface area contributed by atoms with E-state index in [1.807, 2.05) is 0 Å². The molecule has 0 bridgehead atoms. The molecule has 30 heavy (non-hydrogen) atoms. The predicted octanol–water partition coefficient (Wildman–Crippen LogP) is 2.56.